The van der Waals surface area contributed by atoms with Gasteiger partial charge in [0.25, 0.3) is 0 Å². The molecule has 0 spiro atoms. The summed E-state index contributed by atoms with van der Waals surface area (Å²) in [5, 5.41) is 23.7. The Morgan fingerprint density at radius 3 is 2.20 bits per heavy atom. The van der Waals surface area contributed by atoms with Gasteiger partial charge in [0.2, 0.25) is 23.7 Å². The van der Waals surface area contributed by atoms with Crippen molar-refractivity contribution in [1.29, 1.82) is 0 Å². The summed E-state index contributed by atoms with van der Waals surface area (Å²) >= 11 is 0. The molecule has 0 aliphatic carbocycles. The average Bonchev–Trinajstić information content (AvgIpc) is 4.01. The van der Waals surface area contributed by atoms with Crippen LogP contribution < -0.4 is 32.3 Å². The number of fused-ring (bicyclic) bond motifs is 3. The van der Waals surface area contributed by atoms with E-state index in [0.29, 0.717) is 41.0 Å². The first-order valence-electron chi connectivity index (χ1n) is 17.6. The van der Waals surface area contributed by atoms with Crippen molar-refractivity contribution in [2.45, 2.75) is 52.6 Å². The van der Waals surface area contributed by atoms with Crippen LogP contribution in [0.15, 0.2) is 79.9 Å². The van der Waals surface area contributed by atoms with E-state index in [1.807, 2.05) is 85.7 Å². The van der Waals surface area contributed by atoms with E-state index in [1.165, 1.54) is 6.20 Å². The standard InChI is InChI=1S/C20H20N8O.C17H18N8O/c1-4-27-10-12(8-23-27)24-19-21-9-16-17(26-19)28(11-22-16)13-5-6-14-15(7-13)25-18(29)20(14,2)3;1-2-25-9-12(7-20-25)22-17-19-8-13(18)16(24-17)21-11-4-3-10-5-15(26)23-14(10)6-11/h5-11H,4H2,1-3H3,(H,25,29)(H,21,24,26);3-4,6-9H,2,5,18H2,1H3,(H,23,26)(H2,19,21,22,24). The van der Waals surface area contributed by atoms with Gasteiger partial charge in [0.05, 0.1) is 59.4 Å². The van der Waals surface area contributed by atoms with Crippen LogP contribution in [0.1, 0.15) is 38.8 Å². The lowest BCUT2D eigenvalue weighted by molar-refractivity contribution is -0.119. The van der Waals surface area contributed by atoms with Gasteiger partial charge in [0.1, 0.15) is 11.8 Å². The van der Waals surface area contributed by atoms with E-state index in [9.17, 15) is 9.59 Å². The van der Waals surface area contributed by atoms with E-state index >= 15 is 0 Å². The number of carbonyl (C=O) groups is 2. The van der Waals surface area contributed by atoms with Crippen molar-refractivity contribution in [3.05, 3.63) is 91.0 Å². The SMILES string of the molecule is CCn1cc(Nc2ncc(N)c(Nc3ccc4c(c3)NC(=O)C4)n2)cn1.CCn1cc(Nc2ncc3ncn(-c4ccc5c(c4)NC(=O)C5(C)C)c3n2)cn1. The summed E-state index contributed by atoms with van der Waals surface area (Å²) in [5.41, 5.74) is 14.1. The number of benzene rings is 2. The van der Waals surface area contributed by atoms with Gasteiger partial charge in [-0.2, -0.15) is 20.2 Å². The summed E-state index contributed by atoms with van der Waals surface area (Å²) in [5.74, 6) is 1.35. The summed E-state index contributed by atoms with van der Waals surface area (Å²) in [6, 6.07) is 11.6. The zero-order valence-electron chi connectivity index (χ0n) is 30.5. The molecule has 2 aromatic carbocycles. The molecule has 0 fully saturated rings. The zero-order valence-corrected chi connectivity index (χ0v) is 30.5. The minimum atomic E-state index is -0.535. The Balaban J connectivity index is 0.000000156. The van der Waals surface area contributed by atoms with Crippen molar-refractivity contribution in [2.24, 2.45) is 0 Å². The number of nitrogens with zero attached hydrogens (tertiary/aromatic N) is 10. The number of nitrogens with one attached hydrogen (secondary N) is 5. The van der Waals surface area contributed by atoms with Crippen LogP contribution in [0.4, 0.5) is 51.8 Å². The maximum atomic E-state index is 12.2. The molecule has 2 aliphatic heterocycles. The molecule has 5 aromatic heterocycles. The average molecular weight is 739 g/mol. The summed E-state index contributed by atoms with van der Waals surface area (Å²) < 4.78 is 5.51. The molecule has 0 bridgehead atoms. The van der Waals surface area contributed by atoms with Crippen LogP contribution in [0.25, 0.3) is 16.9 Å². The first-order valence-corrected chi connectivity index (χ1v) is 17.6. The third-order valence-electron chi connectivity index (χ3n) is 9.30. The van der Waals surface area contributed by atoms with E-state index in [0.717, 1.165) is 58.3 Å². The van der Waals surface area contributed by atoms with Gasteiger partial charge in [0.15, 0.2) is 11.5 Å². The molecular weight excluding hydrogens is 701 g/mol. The van der Waals surface area contributed by atoms with Crippen LogP contribution in [-0.2, 0) is 34.5 Å². The van der Waals surface area contributed by atoms with E-state index < -0.39 is 5.41 Å². The Kier molecular flexibility index (Phi) is 8.76. The number of amides is 2. The number of hydrogen-bond acceptors (Lipinski definition) is 13. The normalized spacial score (nSPS) is 13.7. The predicted octanol–water partition coefficient (Wildman–Crippen LogP) is 5.26. The summed E-state index contributed by atoms with van der Waals surface area (Å²) in [6.07, 6.45) is 12.6. The van der Waals surface area contributed by atoms with Gasteiger partial charge in [-0.3, -0.25) is 23.5 Å². The van der Waals surface area contributed by atoms with Crippen molar-refractivity contribution in [1.82, 2.24) is 49.0 Å². The fourth-order valence-corrected chi connectivity index (χ4v) is 6.23. The van der Waals surface area contributed by atoms with E-state index in [2.05, 4.69) is 61.7 Å². The summed E-state index contributed by atoms with van der Waals surface area (Å²) in [7, 11) is 0. The highest BCUT2D eigenvalue weighted by Crippen LogP contribution is 2.38. The summed E-state index contributed by atoms with van der Waals surface area (Å²) in [6.45, 7) is 9.46. The van der Waals surface area contributed by atoms with Gasteiger partial charge in [-0.05, 0) is 63.1 Å². The molecular formula is C37H38N16O2. The number of anilines is 9. The molecule has 9 rings (SSSR count). The number of rotatable bonds is 9. The molecule has 0 unspecified atom stereocenters. The van der Waals surface area contributed by atoms with E-state index in [-0.39, 0.29) is 11.8 Å². The summed E-state index contributed by atoms with van der Waals surface area (Å²) in [4.78, 5) is 45.7. The lowest BCUT2D eigenvalue weighted by Crippen LogP contribution is -2.26. The van der Waals surface area contributed by atoms with Gasteiger partial charge in [-0.25, -0.2) is 15.0 Å². The molecule has 18 nitrogen and oxygen atoms in total. The Morgan fingerprint density at radius 2 is 1.49 bits per heavy atom. The lowest BCUT2D eigenvalue weighted by atomic mass is 9.86. The van der Waals surface area contributed by atoms with Crippen molar-refractivity contribution in [3.63, 3.8) is 0 Å². The molecule has 0 radical (unpaired) electrons. The number of carbonyl (C=O) groups excluding carboxylic acids is 2. The maximum absolute atomic E-state index is 12.2. The second kappa shape index (κ2) is 13.9. The molecule has 0 saturated carbocycles. The molecule has 2 amide bonds. The molecule has 2 aliphatic rings. The molecule has 7 heterocycles. The number of imidazole rings is 1. The fourth-order valence-electron chi connectivity index (χ4n) is 6.23. The zero-order chi connectivity index (χ0) is 38.3. The number of aryl methyl sites for hydroxylation is 2. The molecule has 7 aromatic rings. The second-order valence-electron chi connectivity index (χ2n) is 13.5. The predicted molar refractivity (Wildman–Crippen MR) is 209 cm³/mol. The van der Waals surface area contributed by atoms with E-state index in [4.69, 9.17) is 5.73 Å². The van der Waals surface area contributed by atoms with Crippen LogP contribution >= 0.6 is 0 Å². The van der Waals surface area contributed by atoms with Gasteiger partial charge in [-0.15, -0.1) is 0 Å². The molecule has 7 N–H and O–H groups in total. The topological polar surface area (TPSA) is 225 Å². The largest absolute Gasteiger partial charge is 0.394 e. The van der Waals surface area contributed by atoms with Crippen LogP contribution in [-0.4, -0.2) is 60.9 Å². The number of aromatic nitrogens is 10. The van der Waals surface area contributed by atoms with Crippen LogP contribution in [0.2, 0.25) is 0 Å². The van der Waals surface area contributed by atoms with Crippen molar-refractivity contribution in [2.75, 3.05) is 32.3 Å². The second-order valence-corrected chi connectivity index (χ2v) is 13.5. The highest BCUT2D eigenvalue weighted by molar-refractivity contribution is 6.06. The monoisotopic (exact) mass is 738 g/mol. The third-order valence-corrected chi connectivity index (χ3v) is 9.30. The van der Waals surface area contributed by atoms with Crippen molar-refractivity contribution < 1.29 is 9.59 Å². The Labute approximate surface area is 314 Å². The Bertz CT molecular complexity index is 2590. The quantitative estimate of drug-likeness (QED) is 0.111. The molecule has 0 atom stereocenters. The van der Waals surface area contributed by atoms with E-state index in [1.54, 1.807) is 29.6 Å². The Hall–Kier alpha value is -7.37. The highest BCUT2D eigenvalue weighted by Gasteiger charge is 2.38. The lowest BCUT2D eigenvalue weighted by Gasteiger charge is -2.15. The first kappa shape index (κ1) is 34.7. The Morgan fingerprint density at radius 1 is 0.782 bits per heavy atom. The molecule has 18 heteroatoms. The smallest absolute Gasteiger partial charge is 0.234 e. The highest BCUT2D eigenvalue weighted by atomic mass is 16.2. The molecule has 278 valence electrons. The molecule has 55 heavy (non-hydrogen) atoms. The van der Waals surface area contributed by atoms with Gasteiger partial charge < -0.3 is 32.3 Å². The fraction of sp³-hybridized carbons (Fsp3) is 0.216. The van der Waals surface area contributed by atoms with Crippen molar-refractivity contribution in [3.8, 4) is 5.69 Å². The van der Waals surface area contributed by atoms with Gasteiger partial charge in [0, 0.05) is 42.5 Å². The van der Waals surface area contributed by atoms with Gasteiger partial charge >= 0.3 is 0 Å². The van der Waals surface area contributed by atoms with Crippen molar-refractivity contribution >= 4 is 74.8 Å². The van der Waals surface area contributed by atoms with Crippen LogP contribution in [0, 0.1) is 0 Å². The molecule has 0 saturated heterocycles. The van der Waals surface area contributed by atoms with Crippen LogP contribution in [0.5, 0.6) is 0 Å². The minimum absolute atomic E-state index is 0.00146. The number of nitrogens with two attached hydrogens (primary N) is 1. The number of hydrogen-bond donors (Lipinski definition) is 6. The maximum Gasteiger partial charge on any atom is 0.234 e. The van der Waals surface area contributed by atoms with Gasteiger partial charge in [-0.1, -0.05) is 12.1 Å². The first-order chi connectivity index (χ1) is 26.6. The van der Waals surface area contributed by atoms with Crippen LogP contribution in [0.3, 0.4) is 0 Å². The number of nitrogen functional groups attached to an aromatic ring is 1. The minimum Gasteiger partial charge on any atom is -0.394 e. The third kappa shape index (κ3) is 6.95.